The maximum atomic E-state index is 12.4. The Labute approximate surface area is 133 Å². The monoisotopic (exact) mass is 379 g/mol. The lowest BCUT2D eigenvalue weighted by molar-refractivity contribution is 0.0933. The molecule has 2 aromatic carbocycles. The van der Waals surface area contributed by atoms with Crippen LogP contribution in [0.2, 0.25) is 0 Å². The maximum Gasteiger partial charge on any atom is 0.252 e. The molecule has 2 nitrogen and oxygen atoms in total. The van der Waals surface area contributed by atoms with E-state index in [4.69, 9.17) is 0 Å². The molecule has 1 atom stereocenters. The molecule has 104 valence electrons. The molecule has 1 amide bonds. The van der Waals surface area contributed by atoms with Gasteiger partial charge in [0.15, 0.2) is 0 Å². The molecule has 3 heteroatoms. The molecule has 0 saturated carbocycles. The summed E-state index contributed by atoms with van der Waals surface area (Å²) in [7, 11) is 0. The average Bonchev–Trinajstić information content (AvgIpc) is 2.48. The van der Waals surface area contributed by atoms with E-state index in [1.165, 1.54) is 0 Å². The van der Waals surface area contributed by atoms with Crippen LogP contribution in [0, 0.1) is 3.57 Å². The number of hydrogen-bond acceptors (Lipinski definition) is 1. The third-order valence-corrected chi connectivity index (χ3v) is 4.14. The SMILES string of the molecule is CCC[C@H](NC(=O)c1ccccc1I)c1ccccc1. The van der Waals surface area contributed by atoms with Crippen molar-refractivity contribution in [3.05, 3.63) is 69.3 Å². The van der Waals surface area contributed by atoms with Crippen LogP contribution in [0.5, 0.6) is 0 Å². The van der Waals surface area contributed by atoms with E-state index in [-0.39, 0.29) is 11.9 Å². The zero-order valence-corrected chi connectivity index (χ0v) is 13.6. The molecule has 1 N–H and O–H groups in total. The minimum Gasteiger partial charge on any atom is -0.345 e. The third kappa shape index (κ3) is 3.82. The Morgan fingerprint density at radius 2 is 1.75 bits per heavy atom. The van der Waals surface area contributed by atoms with Crippen LogP contribution < -0.4 is 5.32 Å². The fourth-order valence-electron chi connectivity index (χ4n) is 2.18. The molecule has 20 heavy (non-hydrogen) atoms. The Morgan fingerprint density at radius 1 is 1.10 bits per heavy atom. The van der Waals surface area contributed by atoms with Crippen LogP contribution in [0.3, 0.4) is 0 Å². The van der Waals surface area contributed by atoms with E-state index < -0.39 is 0 Å². The molecule has 0 bridgehead atoms. The van der Waals surface area contributed by atoms with Crippen molar-refractivity contribution in [2.45, 2.75) is 25.8 Å². The summed E-state index contributed by atoms with van der Waals surface area (Å²) in [5, 5.41) is 3.15. The van der Waals surface area contributed by atoms with Gasteiger partial charge in [-0.25, -0.2) is 0 Å². The van der Waals surface area contributed by atoms with Gasteiger partial charge in [0.05, 0.1) is 11.6 Å². The molecule has 0 fully saturated rings. The van der Waals surface area contributed by atoms with Crippen molar-refractivity contribution in [1.82, 2.24) is 5.32 Å². The Kier molecular flexibility index (Phi) is 5.59. The van der Waals surface area contributed by atoms with Gasteiger partial charge in [0.1, 0.15) is 0 Å². The molecule has 0 saturated heterocycles. The smallest absolute Gasteiger partial charge is 0.252 e. The predicted octanol–water partition coefficient (Wildman–Crippen LogP) is 4.56. The van der Waals surface area contributed by atoms with Crippen molar-refractivity contribution in [3.8, 4) is 0 Å². The first-order valence-corrected chi connectivity index (χ1v) is 7.90. The van der Waals surface area contributed by atoms with Crippen molar-refractivity contribution in [2.24, 2.45) is 0 Å². The number of rotatable bonds is 5. The number of amides is 1. The Morgan fingerprint density at radius 3 is 2.40 bits per heavy atom. The molecule has 0 aliphatic carbocycles. The predicted molar refractivity (Wildman–Crippen MR) is 90.7 cm³/mol. The summed E-state index contributed by atoms with van der Waals surface area (Å²) in [5.41, 5.74) is 1.90. The normalized spacial score (nSPS) is 11.9. The molecule has 0 heterocycles. The summed E-state index contributed by atoms with van der Waals surface area (Å²) in [6.45, 7) is 2.13. The van der Waals surface area contributed by atoms with E-state index >= 15 is 0 Å². The van der Waals surface area contributed by atoms with Gasteiger partial charge in [-0.2, -0.15) is 0 Å². The standard InChI is InChI=1S/C17H18INO/c1-2-8-16(13-9-4-3-5-10-13)19-17(20)14-11-6-7-12-15(14)18/h3-7,9-12,16H,2,8H2,1H3,(H,19,20)/t16-/m0/s1. The van der Waals surface area contributed by atoms with E-state index in [0.717, 1.165) is 27.5 Å². The second-order valence-corrected chi connectivity index (χ2v) is 5.87. The van der Waals surface area contributed by atoms with E-state index in [0.29, 0.717) is 0 Å². The van der Waals surface area contributed by atoms with Gasteiger partial charge in [0, 0.05) is 3.57 Å². The first kappa shape index (κ1) is 15.0. The molecule has 0 spiro atoms. The highest BCUT2D eigenvalue weighted by atomic mass is 127. The van der Waals surface area contributed by atoms with Crippen LogP contribution in [-0.4, -0.2) is 5.91 Å². The zero-order chi connectivity index (χ0) is 14.4. The first-order valence-electron chi connectivity index (χ1n) is 6.82. The zero-order valence-electron chi connectivity index (χ0n) is 11.5. The summed E-state index contributed by atoms with van der Waals surface area (Å²) >= 11 is 2.20. The van der Waals surface area contributed by atoms with Crippen LogP contribution in [-0.2, 0) is 0 Å². The highest BCUT2D eigenvalue weighted by Crippen LogP contribution is 2.20. The first-order chi connectivity index (χ1) is 9.72. The van der Waals surface area contributed by atoms with Gasteiger partial charge in [-0.3, -0.25) is 4.79 Å². The van der Waals surface area contributed by atoms with Crippen molar-refractivity contribution < 1.29 is 4.79 Å². The summed E-state index contributed by atoms with van der Waals surface area (Å²) in [6.07, 6.45) is 1.98. The highest BCUT2D eigenvalue weighted by Gasteiger charge is 2.16. The Balaban J connectivity index is 2.17. The lowest BCUT2D eigenvalue weighted by Gasteiger charge is -2.19. The van der Waals surface area contributed by atoms with Gasteiger partial charge in [0.25, 0.3) is 5.91 Å². The second-order valence-electron chi connectivity index (χ2n) is 4.71. The van der Waals surface area contributed by atoms with Crippen molar-refractivity contribution in [2.75, 3.05) is 0 Å². The fourth-order valence-corrected chi connectivity index (χ4v) is 2.81. The van der Waals surface area contributed by atoms with Crippen LogP contribution in [0.4, 0.5) is 0 Å². The summed E-state index contributed by atoms with van der Waals surface area (Å²) in [4.78, 5) is 12.4. The van der Waals surface area contributed by atoms with E-state index in [9.17, 15) is 4.79 Å². The summed E-state index contributed by atoms with van der Waals surface area (Å²) in [5.74, 6) is -0.00250. The molecule has 0 aliphatic heterocycles. The van der Waals surface area contributed by atoms with Gasteiger partial charge in [0.2, 0.25) is 0 Å². The number of carbonyl (C=O) groups is 1. The fraction of sp³-hybridized carbons (Fsp3) is 0.235. The largest absolute Gasteiger partial charge is 0.345 e. The van der Waals surface area contributed by atoms with Crippen LogP contribution in [0.1, 0.15) is 41.7 Å². The van der Waals surface area contributed by atoms with Gasteiger partial charge in [-0.05, 0) is 46.7 Å². The van der Waals surface area contributed by atoms with Gasteiger partial charge in [-0.1, -0.05) is 55.8 Å². The summed E-state index contributed by atoms with van der Waals surface area (Å²) in [6, 6.07) is 17.9. The molecule has 0 aliphatic rings. The van der Waals surface area contributed by atoms with Crippen LogP contribution in [0.15, 0.2) is 54.6 Å². The van der Waals surface area contributed by atoms with Gasteiger partial charge in [-0.15, -0.1) is 0 Å². The highest BCUT2D eigenvalue weighted by molar-refractivity contribution is 14.1. The van der Waals surface area contributed by atoms with Gasteiger partial charge < -0.3 is 5.32 Å². The van der Waals surface area contributed by atoms with Crippen molar-refractivity contribution in [3.63, 3.8) is 0 Å². The maximum absolute atomic E-state index is 12.4. The number of nitrogens with one attached hydrogen (secondary N) is 1. The topological polar surface area (TPSA) is 29.1 Å². The Bertz CT molecular complexity index is 568. The van der Waals surface area contributed by atoms with Crippen molar-refractivity contribution >= 4 is 28.5 Å². The van der Waals surface area contributed by atoms with Crippen molar-refractivity contribution in [1.29, 1.82) is 0 Å². The third-order valence-electron chi connectivity index (χ3n) is 3.20. The minimum absolute atomic E-state index is 0.00250. The molecule has 0 radical (unpaired) electrons. The molecule has 2 rings (SSSR count). The number of carbonyl (C=O) groups excluding carboxylic acids is 1. The van der Waals surface area contributed by atoms with E-state index in [1.54, 1.807) is 0 Å². The van der Waals surface area contributed by atoms with Crippen LogP contribution >= 0.6 is 22.6 Å². The second kappa shape index (κ2) is 7.43. The molecular formula is C17H18INO. The van der Waals surface area contributed by atoms with Crippen LogP contribution in [0.25, 0.3) is 0 Å². The number of halogens is 1. The number of benzene rings is 2. The molecule has 0 unspecified atom stereocenters. The number of hydrogen-bond donors (Lipinski definition) is 1. The lowest BCUT2D eigenvalue weighted by Crippen LogP contribution is -2.29. The lowest BCUT2D eigenvalue weighted by atomic mass is 10.0. The average molecular weight is 379 g/mol. The minimum atomic E-state index is -0.00250. The molecule has 0 aromatic heterocycles. The quantitative estimate of drug-likeness (QED) is 0.759. The molecule has 2 aromatic rings. The van der Waals surface area contributed by atoms with E-state index in [2.05, 4.69) is 47.0 Å². The Hall–Kier alpha value is -1.36. The summed E-state index contributed by atoms with van der Waals surface area (Å²) < 4.78 is 0.978. The van der Waals surface area contributed by atoms with Gasteiger partial charge >= 0.3 is 0 Å². The molecular weight excluding hydrogens is 361 g/mol. The van der Waals surface area contributed by atoms with E-state index in [1.807, 2.05) is 42.5 Å².